The summed E-state index contributed by atoms with van der Waals surface area (Å²) in [5.74, 6) is 0.441. The van der Waals surface area contributed by atoms with E-state index in [2.05, 4.69) is 17.1 Å². The molecule has 1 aromatic carbocycles. The minimum atomic E-state index is 0.441. The predicted molar refractivity (Wildman–Crippen MR) is 59.7 cm³/mol. The van der Waals surface area contributed by atoms with E-state index in [-0.39, 0.29) is 0 Å². The Morgan fingerprint density at radius 2 is 2.00 bits per heavy atom. The topological polar surface area (TPSA) is 50.7 Å². The van der Waals surface area contributed by atoms with E-state index in [4.69, 9.17) is 5.73 Å². The van der Waals surface area contributed by atoms with Crippen LogP contribution in [0.4, 0.5) is 5.69 Å². The molecule has 0 saturated heterocycles. The molecule has 3 nitrogen and oxygen atoms in total. The summed E-state index contributed by atoms with van der Waals surface area (Å²) in [6, 6.07) is 7.77. The van der Waals surface area contributed by atoms with Gasteiger partial charge in [-0.25, -0.2) is 0 Å². The molecular weight excluding hydrogens is 174 g/mol. The molecule has 1 aliphatic heterocycles. The molecule has 1 atom stereocenters. The normalized spacial score (nSPS) is 20.6. The lowest BCUT2D eigenvalue weighted by Crippen LogP contribution is -2.15. The lowest BCUT2D eigenvalue weighted by molar-refractivity contribution is 0.801. The van der Waals surface area contributed by atoms with Crippen molar-refractivity contribution in [2.45, 2.75) is 13.3 Å². The van der Waals surface area contributed by atoms with Crippen molar-refractivity contribution in [3.8, 4) is 0 Å². The van der Waals surface area contributed by atoms with E-state index in [1.807, 2.05) is 30.5 Å². The van der Waals surface area contributed by atoms with Gasteiger partial charge in [0.15, 0.2) is 0 Å². The average Bonchev–Trinajstić information content (AvgIpc) is 2.20. The first-order valence-electron chi connectivity index (χ1n) is 4.72. The van der Waals surface area contributed by atoms with Crippen molar-refractivity contribution >= 4 is 17.6 Å². The fourth-order valence-corrected chi connectivity index (χ4v) is 1.51. The van der Waals surface area contributed by atoms with Crippen molar-refractivity contribution in [1.29, 1.82) is 0 Å². The zero-order chi connectivity index (χ0) is 9.97. The highest BCUT2D eigenvalue weighted by atomic mass is 15.2. The van der Waals surface area contributed by atoms with Crippen LogP contribution < -0.4 is 5.73 Å². The van der Waals surface area contributed by atoms with Crippen LogP contribution in [0.15, 0.2) is 34.5 Å². The Bertz CT molecular complexity index is 376. The summed E-state index contributed by atoms with van der Waals surface area (Å²) in [5, 5.41) is 8.10. The number of nitrogens with two attached hydrogens (primary N) is 1. The van der Waals surface area contributed by atoms with Crippen molar-refractivity contribution in [2.75, 3.05) is 5.73 Å². The molecule has 3 heteroatoms. The van der Waals surface area contributed by atoms with Crippen LogP contribution >= 0.6 is 0 Å². The molecule has 0 bridgehead atoms. The molecule has 0 aliphatic carbocycles. The molecule has 0 spiro atoms. The van der Waals surface area contributed by atoms with Crippen molar-refractivity contribution in [3.05, 3.63) is 29.8 Å². The highest BCUT2D eigenvalue weighted by Crippen LogP contribution is 2.16. The largest absolute Gasteiger partial charge is 0.399 e. The van der Waals surface area contributed by atoms with Gasteiger partial charge < -0.3 is 5.73 Å². The first-order chi connectivity index (χ1) is 6.77. The minimum Gasteiger partial charge on any atom is -0.399 e. The van der Waals surface area contributed by atoms with Gasteiger partial charge in [-0.15, -0.1) is 0 Å². The molecular formula is C11H13N3. The minimum absolute atomic E-state index is 0.441. The van der Waals surface area contributed by atoms with Gasteiger partial charge in [-0.05, 0) is 24.1 Å². The SMILES string of the molecule is CC1CC=NN=C1c1ccc(N)cc1. The second kappa shape index (κ2) is 3.62. The summed E-state index contributed by atoms with van der Waals surface area (Å²) >= 11 is 0. The summed E-state index contributed by atoms with van der Waals surface area (Å²) in [6.07, 6.45) is 2.81. The van der Waals surface area contributed by atoms with Gasteiger partial charge in [-0.2, -0.15) is 10.2 Å². The van der Waals surface area contributed by atoms with Crippen molar-refractivity contribution in [2.24, 2.45) is 16.1 Å². The van der Waals surface area contributed by atoms with Gasteiger partial charge in [0, 0.05) is 17.8 Å². The molecule has 14 heavy (non-hydrogen) atoms. The Labute approximate surface area is 83.4 Å². The summed E-state index contributed by atoms with van der Waals surface area (Å²) in [7, 11) is 0. The third-order valence-electron chi connectivity index (χ3n) is 2.38. The fraction of sp³-hybridized carbons (Fsp3) is 0.273. The van der Waals surface area contributed by atoms with E-state index in [0.29, 0.717) is 5.92 Å². The van der Waals surface area contributed by atoms with Crippen LogP contribution in [0.1, 0.15) is 18.9 Å². The molecule has 0 amide bonds. The van der Waals surface area contributed by atoms with Gasteiger partial charge in [0.05, 0.1) is 5.71 Å². The van der Waals surface area contributed by atoms with Gasteiger partial charge in [-0.1, -0.05) is 19.1 Å². The zero-order valence-electron chi connectivity index (χ0n) is 8.14. The zero-order valence-corrected chi connectivity index (χ0v) is 8.14. The van der Waals surface area contributed by atoms with E-state index in [0.717, 1.165) is 23.4 Å². The Morgan fingerprint density at radius 1 is 1.29 bits per heavy atom. The highest BCUT2D eigenvalue weighted by molar-refractivity contribution is 6.04. The van der Waals surface area contributed by atoms with Crippen LogP contribution in [0.2, 0.25) is 0 Å². The average molecular weight is 187 g/mol. The van der Waals surface area contributed by atoms with Crippen LogP contribution in [0.3, 0.4) is 0 Å². The monoisotopic (exact) mass is 187 g/mol. The number of rotatable bonds is 1. The third kappa shape index (κ3) is 1.66. The van der Waals surface area contributed by atoms with Crippen LogP contribution in [-0.2, 0) is 0 Å². The molecule has 1 unspecified atom stereocenters. The number of anilines is 1. The maximum Gasteiger partial charge on any atom is 0.0734 e. The number of nitrogen functional groups attached to an aromatic ring is 1. The molecule has 0 saturated carbocycles. The molecule has 1 aromatic rings. The van der Waals surface area contributed by atoms with Gasteiger partial charge in [0.25, 0.3) is 0 Å². The first kappa shape index (κ1) is 8.94. The molecule has 1 aliphatic rings. The van der Waals surface area contributed by atoms with Gasteiger partial charge >= 0.3 is 0 Å². The molecule has 2 N–H and O–H groups in total. The summed E-state index contributed by atoms with van der Waals surface area (Å²) < 4.78 is 0. The Kier molecular flexibility index (Phi) is 2.31. The van der Waals surface area contributed by atoms with Crippen LogP contribution in [0.5, 0.6) is 0 Å². The smallest absolute Gasteiger partial charge is 0.0734 e. The number of nitrogens with zero attached hydrogens (tertiary/aromatic N) is 2. The molecule has 0 aromatic heterocycles. The Balaban J connectivity index is 2.34. The van der Waals surface area contributed by atoms with Crippen molar-refractivity contribution in [3.63, 3.8) is 0 Å². The number of hydrogen-bond acceptors (Lipinski definition) is 3. The predicted octanol–water partition coefficient (Wildman–Crippen LogP) is 2.08. The van der Waals surface area contributed by atoms with Gasteiger partial charge in [0.2, 0.25) is 0 Å². The number of hydrogen-bond donors (Lipinski definition) is 1. The summed E-state index contributed by atoms with van der Waals surface area (Å²) in [4.78, 5) is 0. The number of benzene rings is 1. The molecule has 72 valence electrons. The van der Waals surface area contributed by atoms with E-state index in [9.17, 15) is 0 Å². The quantitative estimate of drug-likeness (QED) is 0.672. The molecule has 0 radical (unpaired) electrons. The standard InChI is InChI=1S/C11H13N3/c1-8-6-7-13-14-11(8)9-2-4-10(12)5-3-9/h2-5,7-8H,6,12H2,1H3. The van der Waals surface area contributed by atoms with E-state index >= 15 is 0 Å². The van der Waals surface area contributed by atoms with Crippen molar-refractivity contribution < 1.29 is 0 Å². The summed E-state index contributed by atoms with van der Waals surface area (Å²) in [6.45, 7) is 2.15. The Morgan fingerprint density at radius 3 is 2.64 bits per heavy atom. The van der Waals surface area contributed by atoms with E-state index in [1.54, 1.807) is 0 Å². The van der Waals surface area contributed by atoms with Gasteiger partial charge in [-0.3, -0.25) is 0 Å². The molecule has 0 fully saturated rings. The van der Waals surface area contributed by atoms with Crippen LogP contribution in [0, 0.1) is 5.92 Å². The second-order valence-electron chi connectivity index (χ2n) is 3.54. The maximum absolute atomic E-state index is 5.62. The lowest BCUT2D eigenvalue weighted by Gasteiger charge is -2.14. The highest BCUT2D eigenvalue weighted by Gasteiger charge is 2.14. The van der Waals surface area contributed by atoms with Gasteiger partial charge in [0.1, 0.15) is 0 Å². The van der Waals surface area contributed by atoms with Crippen LogP contribution in [-0.4, -0.2) is 11.9 Å². The fourth-order valence-electron chi connectivity index (χ4n) is 1.51. The van der Waals surface area contributed by atoms with Crippen molar-refractivity contribution in [1.82, 2.24) is 0 Å². The van der Waals surface area contributed by atoms with E-state index in [1.165, 1.54) is 0 Å². The maximum atomic E-state index is 5.62. The molecule has 2 rings (SSSR count). The first-order valence-corrected chi connectivity index (χ1v) is 4.72. The van der Waals surface area contributed by atoms with E-state index < -0.39 is 0 Å². The molecule has 1 heterocycles. The summed E-state index contributed by atoms with van der Waals surface area (Å²) in [5.41, 5.74) is 8.56. The Hall–Kier alpha value is -1.64. The third-order valence-corrected chi connectivity index (χ3v) is 2.38. The second-order valence-corrected chi connectivity index (χ2v) is 3.54. The lowest BCUT2D eigenvalue weighted by atomic mass is 9.95. The van der Waals surface area contributed by atoms with Crippen LogP contribution in [0.25, 0.3) is 0 Å².